The highest BCUT2D eigenvalue weighted by Crippen LogP contribution is 2.25. The number of hydrogen-bond acceptors (Lipinski definition) is 7. The van der Waals surface area contributed by atoms with Gasteiger partial charge in [-0.05, 0) is 37.8 Å². The molecule has 0 aliphatic carbocycles. The summed E-state index contributed by atoms with van der Waals surface area (Å²) in [7, 11) is 0. The van der Waals surface area contributed by atoms with E-state index in [1.54, 1.807) is 12.4 Å². The van der Waals surface area contributed by atoms with E-state index in [1.807, 2.05) is 32.9 Å². The van der Waals surface area contributed by atoms with Crippen molar-refractivity contribution in [2.24, 2.45) is 5.92 Å². The van der Waals surface area contributed by atoms with E-state index >= 15 is 0 Å². The van der Waals surface area contributed by atoms with Gasteiger partial charge in [-0.3, -0.25) is 9.78 Å². The van der Waals surface area contributed by atoms with Crippen molar-refractivity contribution in [3.63, 3.8) is 0 Å². The standard InChI is InChI=1S/C19H23N5O2S/c1-5-7-14-21-12(4)16(27-14)18(25)22-15(11(2)3)19-23-17(24-26-19)13-8-6-9-20-10-13/h6,8-11,15H,5,7H2,1-4H3,(H,22,25). The summed E-state index contributed by atoms with van der Waals surface area (Å²) in [5.74, 6) is 0.761. The molecule has 0 saturated heterocycles. The van der Waals surface area contributed by atoms with E-state index in [2.05, 4.69) is 32.3 Å². The van der Waals surface area contributed by atoms with Crippen LogP contribution in [0, 0.1) is 12.8 Å². The lowest BCUT2D eigenvalue weighted by Gasteiger charge is -2.18. The summed E-state index contributed by atoms with van der Waals surface area (Å²) in [6, 6.07) is 3.29. The first-order valence-electron chi connectivity index (χ1n) is 9.00. The molecule has 0 aliphatic rings. The molecule has 3 aromatic heterocycles. The topological polar surface area (TPSA) is 93.8 Å². The molecule has 3 heterocycles. The Bertz CT molecular complexity index is 904. The van der Waals surface area contributed by atoms with E-state index in [-0.39, 0.29) is 17.9 Å². The number of hydrogen-bond donors (Lipinski definition) is 1. The molecule has 142 valence electrons. The van der Waals surface area contributed by atoms with Gasteiger partial charge < -0.3 is 9.84 Å². The molecule has 0 aromatic carbocycles. The molecule has 1 unspecified atom stereocenters. The van der Waals surface area contributed by atoms with Crippen LogP contribution in [0.3, 0.4) is 0 Å². The average Bonchev–Trinajstić information content (AvgIpc) is 3.27. The first kappa shape index (κ1) is 19.2. The van der Waals surface area contributed by atoms with E-state index in [0.29, 0.717) is 16.6 Å². The molecule has 1 atom stereocenters. The van der Waals surface area contributed by atoms with Crippen molar-refractivity contribution in [1.29, 1.82) is 0 Å². The number of carbonyl (C=O) groups is 1. The van der Waals surface area contributed by atoms with Gasteiger partial charge in [-0.1, -0.05) is 25.9 Å². The third-order valence-electron chi connectivity index (χ3n) is 4.09. The van der Waals surface area contributed by atoms with Crippen molar-refractivity contribution < 1.29 is 9.32 Å². The van der Waals surface area contributed by atoms with E-state index in [4.69, 9.17) is 4.52 Å². The van der Waals surface area contributed by atoms with Gasteiger partial charge in [-0.25, -0.2) is 4.98 Å². The second-order valence-electron chi connectivity index (χ2n) is 6.67. The Balaban J connectivity index is 1.80. The third-order valence-corrected chi connectivity index (χ3v) is 5.31. The van der Waals surface area contributed by atoms with Gasteiger partial charge in [0.1, 0.15) is 10.9 Å². The van der Waals surface area contributed by atoms with Crippen molar-refractivity contribution in [2.45, 2.75) is 46.6 Å². The normalized spacial score (nSPS) is 12.3. The maximum absolute atomic E-state index is 12.8. The maximum Gasteiger partial charge on any atom is 0.263 e. The molecule has 8 heteroatoms. The van der Waals surface area contributed by atoms with Gasteiger partial charge in [0.05, 0.1) is 10.7 Å². The number of nitrogens with one attached hydrogen (secondary N) is 1. The minimum Gasteiger partial charge on any atom is -0.339 e. The van der Waals surface area contributed by atoms with Crippen LogP contribution >= 0.6 is 11.3 Å². The van der Waals surface area contributed by atoms with Gasteiger partial charge in [0, 0.05) is 18.0 Å². The van der Waals surface area contributed by atoms with Crippen LogP contribution in [0.15, 0.2) is 29.0 Å². The molecule has 0 bridgehead atoms. The van der Waals surface area contributed by atoms with E-state index in [0.717, 1.165) is 29.1 Å². The maximum atomic E-state index is 12.8. The predicted octanol–water partition coefficient (Wildman–Crippen LogP) is 3.98. The van der Waals surface area contributed by atoms with Crippen LogP contribution in [0.1, 0.15) is 59.5 Å². The third kappa shape index (κ3) is 4.39. The van der Waals surface area contributed by atoms with Gasteiger partial charge in [0.15, 0.2) is 0 Å². The number of aryl methyl sites for hydroxylation is 2. The largest absolute Gasteiger partial charge is 0.339 e. The quantitative estimate of drug-likeness (QED) is 0.661. The molecule has 0 saturated carbocycles. The fraction of sp³-hybridized carbons (Fsp3) is 0.421. The van der Waals surface area contributed by atoms with Crippen LogP contribution in [0.4, 0.5) is 0 Å². The second-order valence-corrected chi connectivity index (χ2v) is 7.75. The molecule has 3 aromatic rings. The molecule has 3 rings (SSSR count). The Hall–Kier alpha value is -2.61. The van der Waals surface area contributed by atoms with Crippen LogP contribution in [0.2, 0.25) is 0 Å². The van der Waals surface area contributed by atoms with Gasteiger partial charge >= 0.3 is 0 Å². The lowest BCUT2D eigenvalue weighted by Crippen LogP contribution is -2.32. The average molecular weight is 385 g/mol. The number of amides is 1. The van der Waals surface area contributed by atoms with E-state index < -0.39 is 0 Å². The van der Waals surface area contributed by atoms with E-state index in [1.165, 1.54) is 11.3 Å². The van der Waals surface area contributed by atoms with Crippen molar-refractivity contribution in [3.05, 3.63) is 46.0 Å². The van der Waals surface area contributed by atoms with Gasteiger partial charge in [0.2, 0.25) is 11.7 Å². The summed E-state index contributed by atoms with van der Waals surface area (Å²) in [5.41, 5.74) is 1.52. The zero-order valence-electron chi connectivity index (χ0n) is 15.9. The van der Waals surface area contributed by atoms with Crippen molar-refractivity contribution in [1.82, 2.24) is 25.4 Å². The van der Waals surface area contributed by atoms with Crippen molar-refractivity contribution in [3.8, 4) is 11.4 Å². The highest BCUT2D eigenvalue weighted by Gasteiger charge is 2.27. The minimum atomic E-state index is -0.383. The molecule has 0 aliphatic heterocycles. The smallest absolute Gasteiger partial charge is 0.263 e. The Morgan fingerprint density at radius 3 is 2.81 bits per heavy atom. The van der Waals surface area contributed by atoms with Crippen molar-refractivity contribution >= 4 is 17.2 Å². The number of rotatable bonds is 7. The summed E-state index contributed by atoms with van der Waals surface area (Å²) >= 11 is 1.45. The predicted molar refractivity (Wildman–Crippen MR) is 103 cm³/mol. The molecular weight excluding hydrogens is 362 g/mol. The number of thiazole rings is 1. The molecule has 1 amide bonds. The van der Waals surface area contributed by atoms with Crippen LogP contribution in [0.5, 0.6) is 0 Å². The molecular formula is C19H23N5O2S. The minimum absolute atomic E-state index is 0.0829. The highest BCUT2D eigenvalue weighted by molar-refractivity contribution is 7.13. The fourth-order valence-electron chi connectivity index (χ4n) is 2.68. The van der Waals surface area contributed by atoms with Crippen LogP contribution in [0.25, 0.3) is 11.4 Å². The highest BCUT2D eigenvalue weighted by atomic mass is 32.1. The van der Waals surface area contributed by atoms with Gasteiger partial charge in [-0.2, -0.15) is 4.98 Å². The summed E-state index contributed by atoms with van der Waals surface area (Å²) in [6.45, 7) is 7.96. The first-order valence-corrected chi connectivity index (χ1v) is 9.82. The van der Waals surface area contributed by atoms with Crippen LogP contribution in [-0.2, 0) is 6.42 Å². The Labute approximate surface area is 162 Å². The molecule has 7 nitrogen and oxygen atoms in total. The lowest BCUT2D eigenvalue weighted by molar-refractivity contribution is 0.0917. The fourth-order valence-corrected chi connectivity index (χ4v) is 3.75. The Morgan fingerprint density at radius 1 is 1.33 bits per heavy atom. The molecule has 1 N–H and O–H groups in total. The molecule has 0 spiro atoms. The summed E-state index contributed by atoms with van der Waals surface area (Å²) in [6.07, 6.45) is 5.24. The van der Waals surface area contributed by atoms with Crippen molar-refractivity contribution in [2.75, 3.05) is 0 Å². The second kappa shape index (κ2) is 8.39. The lowest BCUT2D eigenvalue weighted by atomic mass is 10.0. The van der Waals surface area contributed by atoms with Gasteiger partial charge in [0.25, 0.3) is 5.91 Å². The zero-order chi connectivity index (χ0) is 19.4. The summed E-state index contributed by atoms with van der Waals surface area (Å²) < 4.78 is 5.44. The summed E-state index contributed by atoms with van der Waals surface area (Å²) in [5, 5.41) is 8.04. The molecule has 27 heavy (non-hydrogen) atoms. The van der Waals surface area contributed by atoms with Crippen LogP contribution in [-0.4, -0.2) is 26.0 Å². The summed E-state index contributed by atoms with van der Waals surface area (Å²) in [4.78, 5) is 26.5. The SMILES string of the molecule is CCCc1nc(C)c(C(=O)NC(c2nc(-c3cccnc3)no2)C(C)C)s1. The first-order chi connectivity index (χ1) is 13.0. The number of aromatic nitrogens is 4. The van der Waals surface area contributed by atoms with Crippen LogP contribution < -0.4 is 5.32 Å². The number of pyridine rings is 1. The monoisotopic (exact) mass is 385 g/mol. The zero-order valence-corrected chi connectivity index (χ0v) is 16.7. The number of nitrogens with zero attached hydrogens (tertiary/aromatic N) is 4. The van der Waals surface area contributed by atoms with E-state index in [9.17, 15) is 4.79 Å². The Kier molecular flexibility index (Phi) is 5.95. The number of carbonyl (C=O) groups excluding carboxylic acids is 1. The molecule has 0 radical (unpaired) electrons. The Morgan fingerprint density at radius 2 is 2.15 bits per heavy atom. The molecule has 0 fully saturated rings. The van der Waals surface area contributed by atoms with Gasteiger partial charge in [-0.15, -0.1) is 11.3 Å².